The van der Waals surface area contributed by atoms with Crippen molar-refractivity contribution in [2.45, 2.75) is 31.9 Å². The van der Waals surface area contributed by atoms with Crippen LogP contribution in [-0.2, 0) is 14.2 Å². The summed E-state index contributed by atoms with van der Waals surface area (Å²) in [6, 6.07) is 9.08. The lowest BCUT2D eigenvalue weighted by molar-refractivity contribution is 0.0170. The normalized spacial score (nSPS) is 21.9. The van der Waals surface area contributed by atoms with Crippen molar-refractivity contribution in [2.75, 3.05) is 66.3 Å². The second-order valence-corrected chi connectivity index (χ2v) is 7.67. The minimum atomic E-state index is 0.274. The number of nitrogens with one attached hydrogen (secondary N) is 2. The van der Waals surface area contributed by atoms with Crippen LogP contribution < -0.4 is 10.6 Å². The zero-order valence-corrected chi connectivity index (χ0v) is 17.9. The van der Waals surface area contributed by atoms with E-state index in [0.29, 0.717) is 6.04 Å². The molecule has 3 rings (SSSR count). The van der Waals surface area contributed by atoms with Gasteiger partial charge in [-0.3, -0.25) is 9.89 Å². The van der Waals surface area contributed by atoms with Crippen molar-refractivity contribution in [1.82, 2.24) is 15.5 Å². The lowest BCUT2D eigenvalue weighted by Gasteiger charge is -2.35. The summed E-state index contributed by atoms with van der Waals surface area (Å²) in [7, 11) is 1.82. The third-order valence-corrected chi connectivity index (χ3v) is 5.45. The first kappa shape index (κ1) is 22.0. The molecule has 0 aromatic heterocycles. The second-order valence-electron chi connectivity index (χ2n) is 7.67. The van der Waals surface area contributed by atoms with Crippen molar-refractivity contribution in [2.24, 2.45) is 4.99 Å². The van der Waals surface area contributed by atoms with Crippen LogP contribution in [0.25, 0.3) is 0 Å². The highest BCUT2D eigenvalue weighted by Crippen LogP contribution is 2.22. The second kappa shape index (κ2) is 12.1. The predicted molar refractivity (Wildman–Crippen MR) is 115 cm³/mol. The summed E-state index contributed by atoms with van der Waals surface area (Å²) in [5, 5.41) is 6.91. The molecule has 0 radical (unpaired) electrons. The molecule has 7 nitrogen and oxygen atoms in total. The van der Waals surface area contributed by atoms with Crippen LogP contribution in [0.1, 0.15) is 30.0 Å². The number of benzene rings is 1. The Labute approximate surface area is 174 Å². The summed E-state index contributed by atoms with van der Waals surface area (Å²) in [5.74, 6) is 0.833. The number of hydrogen-bond acceptors (Lipinski definition) is 5. The van der Waals surface area contributed by atoms with Gasteiger partial charge in [0.05, 0.1) is 32.0 Å². The van der Waals surface area contributed by atoms with E-state index in [1.807, 2.05) is 7.05 Å². The van der Waals surface area contributed by atoms with E-state index in [2.05, 4.69) is 51.7 Å². The zero-order valence-electron chi connectivity index (χ0n) is 17.9. The Kier molecular flexibility index (Phi) is 9.21. The Balaban J connectivity index is 1.46. The van der Waals surface area contributed by atoms with E-state index in [1.165, 1.54) is 11.1 Å². The van der Waals surface area contributed by atoms with Crippen LogP contribution in [0.15, 0.2) is 29.3 Å². The molecule has 0 amide bonds. The average Bonchev–Trinajstić information content (AvgIpc) is 3.26. The molecule has 1 aromatic rings. The van der Waals surface area contributed by atoms with Crippen LogP contribution in [0.5, 0.6) is 0 Å². The van der Waals surface area contributed by atoms with Crippen LogP contribution in [0.3, 0.4) is 0 Å². The van der Waals surface area contributed by atoms with E-state index in [-0.39, 0.29) is 6.10 Å². The minimum Gasteiger partial charge on any atom is -0.379 e. The average molecular weight is 405 g/mol. The summed E-state index contributed by atoms with van der Waals surface area (Å²) in [6.45, 7) is 9.58. The van der Waals surface area contributed by atoms with Crippen molar-refractivity contribution in [1.29, 1.82) is 0 Å². The van der Waals surface area contributed by atoms with Gasteiger partial charge < -0.3 is 24.8 Å². The fraction of sp³-hybridized carbons (Fsp3) is 0.682. The summed E-state index contributed by atoms with van der Waals surface area (Å²) in [6.07, 6.45) is 2.23. The molecule has 1 aromatic carbocycles. The van der Waals surface area contributed by atoms with Crippen LogP contribution in [0.4, 0.5) is 0 Å². The molecule has 7 heteroatoms. The lowest BCUT2D eigenvalue weighted by atomic mass is 10.0. The highest BCUT2D eigenvalue weighted by molar-refractivity contribution is 5.79. The molecule has 0 spiro atoms. The van der Waals surface area contributed by atoms with E-state index < -0.39 is 0 Å². The highest BCUT2D eigenvalue weighted by atomic mass is 16.5. The number of ether oxygens (including phenoxy) is 3. The molecule has 29 heavy (non-hydrogen) atoms. The van der Waals surface area contributed by atoms with Gasteiger partial charge in [0.2, 0.25) is 0 Å². The smallest absolute Gasteiger partial charge is 0.191 e. The van der Waals surface area contributed by atoms with Gasteiger partial charge in [-0.1, -0.05) is 29.8 Å². The van der Waals surface area contributed by atoms with E-state index in [9.17, 15) is 0 Å². The van der Waals surface area contributed by atoms with Gasteiger partial charge in [0.1, 0.15) is 0 Å². The molecule has 0 aliphatic carbocycles. The number of morpholine rings is 1. The predicted octanol–water partition coefficient (Wildman–Crippen LogP) is 1.73. The van der Waals surface area contributed by atoms with Crippen LogP contribution in [-0.4, -0.2) is 83.2 Å². The fourth-order valence-corrected chi connectivity index (χ4v) is 3.81. The molecule has 2 atom stereocenters. The molecule has 2 aliphatic rings. The Morgan fingerprint density at radius 3 is 2.83 bits per heavy atom. The molecule has 162 valence electrons. The summed E-state index contributed by atoms with van der Waals surface area (Å²) in [4.78, 5) is 6.88. The number of aliphatic imine (C=N–C) groups is 1. The van der Waals surface area contributed by atoms with Crippen LogP contribution in [0.2, 0.25) is 0 Å². The molecule has 2 N–H and O–H groups in total. The monoisotopic (exact) mass is 404 g/mol. The number of rotatable bonds is 9. The van der Waals surface area contributed by atoms with E-state index in [4.69, 9.17) is 14.2 Å². The molecule has 2 aliphatic heterocycles. The Morgan fingerprint density at radius 1 is 1.24 bits per heavy atom. The SMILES string of the molecule is CN=C(NCCCOC1CCOC1)NCC(c1cccc(C)c1)N1CCOCC1. The van der Waals surface area contributed by atoms with E-state index in [1.54, 1.807) is 0 Å². The quantitative estimate of drug-likeness (QED) is 0.371. The molecular weight excluding hydrogens is 368 g/mol. The summed E-state index contributed by atoms with van der Waals surface area (Å²) >= 11 is 0. The van der Waals surface area contributed by atoms with E-state index >= 15 is 0 Å². The van der Waals surface area contributed by atoms with Crippen molar-refractivity contribution in [3.8, 4) is 0 Å². The topological polar surface area (TPSA) is 67.4 Å². The summed E-state index contributed by atoms with van der Waals surface area (Å²) < 4.78 is 16.7. The van der Waals surface area contributed by atoms with E-state index in [0.717, 1.165) is 78.0 Å². The third-order valence-electron chi connectivity index (χ3n) is 5.45. The maximum absolute atomic E-state index is 5.82. The fourth-order valence-electron chi connectivity index (χ4n) is 3.81. The number of aryl methyl sites for hydroxylation is 1. The van der Waals surface area contributed by atoms with Crippen molar-refractivity contribution >= 4 is 5.96 Å². The molecule has 2 heterocycles. The third kappa shape index (κ3) is 7.26. The van der Waals surface area contributed by atoms with Crippen molar-refractivity contribution < 1.29 is 14.2 Å². The van der Waals surface area contributed by atoms with Crippen LogP contribution in [0, 0.1) is 6.92 Å². The maximum Gasteiger partial charge on any atom is 0.191 e. The zero-order chi connectivity index (χ0) is 20.3. The standard InChI is InChI=1S/C22H36N4O3/c1-18-5-3-6-19(15-18)21(26-9-13-27-14-10-26)16-25-22(23-2)24-8-4-11-29-20-7-12-28-17-20/h3,5-6,15,20-21H,4,7-14,16-17H2,1-2H3,(H2,23,24,25). The van der Waals surface area contributed by atoms with Gasteiger partial charge >= 0.3 is 0 Å². The molecular formula is C22H36N4O3. The minimum absolute atomic E-state index is 0.274. The largest absolute Gasteiger partial charge is 0.379 e. The number of hydrogen-bond donors (Lipinski definition) is 2. The highest BCUT2D eigenvalue weighted by Gasteiger charge is 2.23. The van der Waals surface area contributed by atoms with Gasteiger partial charge in [0, 0.05) is 46.4 Å². The Hall–Kier alpha value is -1.67. The molecule has 2 fully saturated rings. The maximum atomic E-state index is 5.82. The number of nitrogens with zero attached hydrogens (tertiary/aromatic N) is 2. The summed E-state index contributed by atoms with van der Waals surface area (Å²) in [5.41, 5.74) is 2.62. The van der Waals surface area contributed by atoms with Crippen molar-refractivity contribution in [3.63, 3.8) is 0 Å². The van der Waals surface area contributed by atoms with Gasteiger partial charge in [-0.15, -0.1) is 0 Å². The van der Waals surface area contributed by atoms with Gasteiger partial charge in [-0.05, 0) is 25.3 Å². The first-order valence-corrected chi connectivity index (χ1v) is 10.8. The number of guanidine groups is 1. The molecule has 2 unspecified atom stereocenters. The first-order valence-electron chi connectivity index (χ1n) is 10.8. The Morgan fingerprint density at radius 2 is 2.10 bits per heavy atom. The van der Waals surface area contributed by atoms with Gasteiger partial charge in [-0.25, -0.2) is 0 Å². The lowest BCUT2D eigenvalue weighted by Crippen LogP contribution is -2.46. The Bertz CT molecular complexity index is 628. The van der Waals surface area contributed by atoms with Gasteiger partial charge in [0.15, 0.2) is 5.96 Å². The van der Waals surface area contributed by atoms with Gasteiger partial charge in [0.25, 0.3) is 0 Å². The van der Waals surface area contributed by atoms with Crippen molar-refractivity contribution in [3.05, 3.63) is 35.4 Å². The van der Waals surface area contributed by atoms with Crippen LogP contribution >= 0.6 is 0 Å². The first-order chi connectivity index (χ1) is 14.3. The molecule has 0 saturated carbocycles. The molecule has 0 bridgehead atoms. The molecule has 2 saturated heterocycles. The van der Waals surface area contributed by atoms with Gasteiger partial charge in [-0.2, -0.15) is 0 Å².